The van der Waals surface area contributed by atoms with E-state index in [2.05, 4.69) is 82.3 Å². The Morgan fingerprint density at radius 1 is 1.24 bits per heavy atom. The minimum absolute atomic E-state index is 0.181. The van der Waals surface area contributed by atoms with E-state index in [0.29, 0.717) is 12.6 Å². The van der Waals surface area contributed by atoms with E-state index >= 15 is 0 Å². The van der Waals surface area contributed by atoms with Gasteiger partial charge in [0, 0.05) is 73.1 Å². The standard InChI is InChI=1S/C32H43BrN4O4/c1-7-37-29-9-8-23(33)14-26(29)28(16-32(4,5)20-41-22(3)38)31(37)27-15-24(17-34-30(27)21(2)39-6)36-11-10-35-12-13-40-19-25(35)18-36/h8-9,14-15,17,21,25H,7,10-13,16,18-20H2,1-6H3/t21-,25?/m0/s1. The van der Waals surface area contributed by atoms with Crippen molar-refractivity contribution in [1.82, 2.24) is 14.5 Å². The van der Waals surface area contributed by atoms with Crippen molar-refractivity contribution in [2.75, 3.05) is 58.0 Å². The predicted octanol–water partition coefficient (Wildman–Crippen LogP) is 5.85. The molecule has 1 aromatic carbocycles. The van der Waals surface area contributed by atoms with Crippen LogP contribution in [0.3, 0.4) is 0 Å². The van der Waals surface area contributed by atoms with Gasteiger partial charge in [-0.05, 0) is 50.1 Å². The molecule has 0 N–H and O–H groups in total. The van der Waals surface area contributed by atoms with Crippen LogP contribution in [0.1, 0.15) is 52.0 Å². The van der Waals surface area contributed by atoms with Crippen molar-refractivity contribution in [1.29, 1.82) is 0 Å². The number of fused-ring (bicyclic) bond motifs is 2. The molecule has 8 nitrogen and oxygen atoms in total. The summed E-state index contributed by atoms with van der Waals surface area (Å²) in [5.74, 6) is -0.256. The van der Waals surface area contributed by atoms with Gasteiger partial charge in [0.1, 0.15) is 0 Å². The molecule has 5 rings (SSSR count). The third-order valence-electron chi connectivity index (χ3n) is 8.47. The van der Waals surface area contributed by atoms with Crippen LogP contribution in [0, 0.1) is 5.41 Å². The van der Waals surface area contributed by atoms with Crippen LogP contribution in [0.2, 0.25) is 0 Å². The van der Waals surface area contributed by atoms with Gasteiger partial charge in [-0.15, -0.1) is 0 Å². The molecule has 4 heterocycles. The molecule has 1 unspecified atom stereocenters. The quantitative estimate of drug-likeness (QED) is 0.276. The lowest BCUT2D eigenvalue weighted by Crippen LogP contribution is -2.58. The molecule has 2 fully saturated rings. The normalized spacial score (nSPS) is 18.9. The largest absolute Gasteiger partial charge is 0.465 e. The van der Waals surface area contributed by atoms with Gasteiger partial charge in [-0.1, -0.05) is 29.8 Å². The number of aryl methyl sites for hydroxylation is 1. The summed E-state index contributed by atoms with van der Waals surface area (Å²) < 4.78 is 20.6. The molecule has 2 aliphatic rings. The van der Waals surface area contributed by atoms with E-state index in [9.17, 15) is 4.79 Å². The Kier molecular flexibility index (Phi) is 9.09. The Hall–Kier alpha value is -2.46. The highest BCUT2D eigenvalue weighted by atomic mass is 79.9. The number of hydrogen-bond acceptors (Lipinski definition) is 7. The topological polar surface area (TPSA) is 69.1 Å². The zero-order valence-corrected chi connectivity index (χ0v) is 26.8. The fourth-order valence-corrected chi connectivity index (χ4v) is 6.64. The van der Waals surface area contributed by atoms with E-state index in [4.69, 9.17) is 19.2 Å². The molecule has 0 saturated carbocycles. The lowest BCUT2D eigenvalue weighted by atomic mass is 9.84. The zero-order chi connectivity index (χ0) is 29.3. The van der Waals surface area contributed by atoms with E-state index in [0.717, 1.165) is 79.5 Å². The maximum atomic E-state index is 11.7. The Bertz CT molecular complexity index is 1400. The van der Waals surface area contributed by atoms with Crippen molar-refractivity contribution in [3.63, 3.8) is 0 Å². The van der Waals surface area contributed by atoms with Crippen molar-refractivity contribution in [3.05, 3.63) is 46.2 Å². The van der Waals surface area contributed by atoms with Crippen LogP contribution in [0.4, 0.5) is 5.69 Å². The molecule has 9 heteroatoms. The van der Waals surface area contributed by atoms with Gasteiger partial charge in [-0.3, -0.25) is 14.7 Å². The SMILES string of the molecule is CCn1c(-c2cc(N3CCN4CCOCC4C3)cnc2[C@H](C)OC)c(CC(C)(C)COC(C)=O)c2cc(Br)ccc21. The second-order valence-corrected chi connectivity index (χ2v) is 13.0. The number of anilines is 1. The number of esters is 1. The summed E-state index contributed by atoms with van der Waals surface area (Å²) in [6.07, 6.45) is 2.56. The van der Waals surface area contributed by atoms with Crippen LogP contribution >= 0.6 is 15.9 Å². The van der Waals surface area contributed by atoms with Crippen LogP contribution in [0.25, 0.3) is 22.2 Å². The van der Waals surface area contributed by atoms with Gasteiger partial charge < -0.3 is 23.7 Å². The molecular formula is C32H43BrN4O4. The Morgan fingerprint density at radius 3 is 2.78 bits per heavy atom. The second-order valence-electron chi connectivity index (χ2n) is 12.1. The number of nitrogens with zero attached hydrogens (tertiary/aromatic N) is 4. The zero-order valence-electron chi connectivity index (χ0n) is 25.2. The molecule has 3 aromatic rings. The van der Waals surface area contributed by atoms with Crippen molar-refractivity contribution < 1.29 is 19.0 Å². The van der Waals surface area contributed by atoms with Crippen LogP contribution in [0.15, 0.2) is 34.9 Å². The number of ether oxygens (including phenoxy) is 3. The molecule has 0 spiro atoms. The molecule has 41 heavy (non-hydrogen) atoms. The van der Waals surface area contributed by atoms with Crippen LogP contribution in [-0.2, 0) is 32.0 Å². The number of hydrogen-bond donors (Lipinski definition) is 0. The molecule has 0 radical (unpaired) electrons. The predicted molar refractivity (Wildman–Crippen MR) is 166 cm³/mol. The lowest BCUT2D eigenvalue weighted by molar-refractivity contribution is -0.143. The third-order valence-corrected chi connectivity index (χ3v) is 8.96. The van der Waals surface area contributed by atoms with Crippen LogP contribution < -0.4 is 4.90 Å². The maximum Gasteiger partial charge on any atom is 0.302 e. The van der Waals surface area contributed by atoms with Gasteiger partial charge >= 0.3 is 5.97 Å². The molecule has 0 amide bonds. The number of rotatable bonds is 9. The highest BCUT2D eigenvalue weighted by molar-refractivity contribution is 9.10. The molecule has 2 aromatic heterocycles. The summed E-state index contributed by atoms with van der Waals surface area (Å²) in [5, 5.41) is 1.20. The van der Waals surface area contributed by atoms with E-state index < -0.39 is 0 Å². The molecule has 222 valence electrons. The number of morpholine rings is 1. The highest BCUT2D eigenvalue weighted by Gasteiger charge is 2.32. The molecular weight excluding hydrogens is 584 g/mol. The van der Waals surface area contributed by atoms with Gasteiger partial charge in [0.25, 0.3) is 0 Å². The number of pyridine rings is 1. The third kappa shape index (κ3) is 6.33. The van der Waals surface area contributed by atoms with Crippen molar-refractivity contribution in [2.45, 2.75) is 59.7 Å². The fourth-order valence-electron chi connectivity index (χ4n) is 6.28. The number of carbonyl (C=O) groups is 1. The first-order chi connectivity index (χ1) is 19.6. The molecule has 0 aliphatic carbocycles. The number of methoxy groups -OCH3 is 1. The molecule has 2 aliphatic heterocycles. The van der Waals surface area contributed by atoms with Gasteiger partial charge in [-0.25, -0.2) is 0 Å². The first kappa shape index (κ1) is 30.0. The monoisotopic (exact) mass is 626 g/mol. The average molecular weight is 628 g/mol. The minimum atomic E-state index is -0.273. The highest BCUT2D eigenvalue weighted by Crippen LogP contribution is 2.42. The lowest BCUT2D eigenvalue weighted by Gasteiger charge is -2.44. The fraction of sp³-hybridized carbons (Fsp3) is 0.562. The van der Waals surface area contributed by atoms with Gasteiger partial charge in [0.2, 0.25) is 0 Å². The second kappa shape index (κ2) is 12.4. The maximum absolute atomic E-state index is 11.7. The number of piperazine rings is 1. The summed E-state index contributed by atoms with van der Waals surface area (Å²) >= 11 is 3.72. The van der Waals surface area contributed by atoms with E-state index in [1.54, 1.807) is 7.11 Å². The first-order valence-corrected chi connectivity index (χ1v) is 15.4. The van der Waals surface area contributed by atoms with Gasteiger partial charge in [-0.2, -0.15) is 0 Å². The molecule has 2 saturated heterocycles. The number of carbonyl (C=O) groups excluding carboxylic acids is 1. The van der Waals surface area contributed by atoms with Gasteiger partial charge in [0.05, 0.1) is 55.2 Å². The Morgan fingerprint density at radius 2 is 2.05 bits per heavy atom. The minimum Gasteiger partial charge on any atom is -0.465 e. The van der Waals surface area contributed by atoms with Crippen molar-refractivity contribution in [3.8, 4) is 11.3 Å². The Balaban J connectivity index is 1.67. The summed E-state index contributed by atoms with van der Waals surface area (Å²) in [5.41, 5.74) is 6.43. The van der Waals surface area contributed by atoms with Crippen molar-refractivity contribution >= 4 is 38.5 Å². The molecule has 0 bridgehead atoms. The number of aromatic nitrogens is 2. The van der Waals surface area contributed by atoms with Crippen LogP contribution in [-0.4, -0.2) is 79.6 Å². The van der Waals surface area contributed by atoms with Crippen LogP contribution in [0.5, 0.6) is 0 Å². The number of benzene rings is 1. The summed E-state index contributed by atoms with van der Waals surface area (Å²) in [6.45, 7) is 16.7. The summed E-state index contributed by atoms with van der Waals surface area (Å²) in [4.78, 5) is 21.8. The summed E-state index contributed by atoms with van der Waals surface area (Å²) in [6, 6.07) is 9.21. The number of halogens is 1. The van der Waals surface area contributed by atoms with Crippen molar-refractivity contribution in [2.24, 2.45) is 5.41 Å². The Labute approximate surface area is 252 Å². The van der Waals surface area contributed by atoms with E-state index in [-0.39, 0.29) is 17.5 Å². The molecule has 2 atom stereocenters. The summed E-state index contributed by atoms with van der Waals surface area (Å²) in [7, 11) is 1.74. The first-order valence-electron chi connectivity index (χ1n) is 14.7. The van der Waals surface area contributed by atoms with E-state index in [1.165, 1.54) is 23.4 Å². The van der Waals surface area contributed by atoms with Gasteiger partial charge in [0.15, 0.2) is 0 Å². The average Bonchev–Trinajstić information content (AvgIpc) is 3.26. The van der Waals surface area contributed by atoms with E-state index in [1.807, 2.05) is 6.20 Å². The smallest absolute Gasteiger partial charge is 0.302 e.